The van der Waals surface area contributed by atoms with Gasteiger partial charge in [-0.05, 0) is 18.2 Å². The molecule has 0 atom stereocenters. The molecule has 2 amide bonds. The van der Waals surface area contributed by atoms with E-state index >= 15 is 0 Å². The van der Waals surface area contributed by atoms with Crippen molar-refractivity contribution < 1.29 is 18.7 Å². The summed E-state index contributed by atoms with van der Waals surface area (Å²) in [5.41, 5.74) is 0.990. The number of ether oxygens (including phenoxy) is 1. The Morgan fingerprint density at radius 1 is 1.12 bits per heavy atom. The standard InChI is InChI=1S/C25H33N3O4/c1-20(2)24(29)27(12-6-9-21-8-4-5-10-22(21)31-3)16-13-26-14-17-28(18-15-26)25(30)23-11-7-19-32-23/h4-11,19-20H,12-18H2,1-3H3/b9-6+. The van der Waals surface area contributed by atoms with Crippen molar-refractivity contribution in [2.24, 2.45) is 5.92 Å². The maximum atomic E-state index is 12.7. The molecule has 0 aliphatic carbocycles. The number of furan rings is 1. The summed E-state index contributed by atoms with van der Waals surface area (Å²) in [6.45, 7) is 8.73. The molecule has 2 aromatic rings. The van der Waals surface area contributed by atoms with Crippen LogP contribution in [-0.2, 0) is 4.79 Å². The molecule has 1 aromatic heterocycles. The van der Waals surface area contributed by atoms with Crippen LogP contribution in [0.1, 0.15) is 30.0 Å². The van der Waals surface area contributed by atoms with Gasteiger partial charge in [-0.15, -0.1) is 0 Å². The average Bonchev–Trinajstić information content (AvgIpc) is 3.36. The minimum Gasteiger partial charge on any atom is -0.496 e. The van der Waals surface area contributed by atoms with Crippen LogP contribution >= 0.6 is 0 Å². The Hall–Kier alpha value is -3.06. The van der Waals surface area contributed by atoms with Crippen molar-refractivity contribution >= 4 is 17.9 Å². The second kappa shape index (κ2) is 11.5. The molecule has 32 heavy (non-hydrogen) atoms. The van der Waals surface area contributed by atoms with Crippen molar-refractivity contribution in [3.05, 3.63) is 60.1 Å². The summed E-state index contributed by atoms with van der Waals surface area (Å²) in [7, 11) is 1.66. The third kappa shape index (κ3) is 6.23. The highest BCUT2D eigenvalue weighted by Crippen LogP contribution is 2.18. The summed E-state index contributed by atoms with van der Waals surface area (Å²) in [4.78, 5) is 31.2. The number of methoxy groups -OCH3 is 1. The van der Waals surface area contributed by atoms with Crippen LogP contribution in [0.2, 0.25) is 0 Å². The fourth-order valence-corrected chi connectivity index (χ4v) is 3.76. The van der Waals surface area contributed by atoms with Gasteiger partial charge in [0.2, 0.25) is 5.91 Å². The van der Waals surface area contributed by atoms with Crippen molar-refractivity contribution in [1.29, 1.82) is 0 Å². The first-order valence-electron chi connectivity index (χ1n) is 11.1. The first kappa shape index (κ1) is 23.6. The molecule has 1 aliphatic rings. The van der Waals surface area contributed by atoms with Crippen LogP contribution in [0.25, 0.3) is 6.08 Å². The zero-order valence-corrected chi connectivity index (χ0v) is 19.2. The first-order chi connectivity index (χ1) is 15.5. The molecule has 0 radical (unpaired) electrons. The summed E-state index contributed by atoms with van der Waals surface area (Å²) in [5.74, 6) is 1.22. The molecule has 1 saturated heterocycles. The predicted octanol–water partition coefficient (Wildman–Crippen LogP) is 3.24. The van der Waals surface area contributed by atoms with Crippen molar-refractivity contribution in [3.8, 4) is 5.75 Å². The topological polar surface area (TPSA) is 66.2 Å². The molecular formula is C25H33N3O4. The summed E-state index contributed by atoms with van der Waals surface area (Å²) < 4.78 is 10.6. The van der Waals surface area contributed by atoms with Gasteiger partial charge in [0.25, 0.3) is 5.91 Å². The predicted molar refractivity (Wildman–Crippen MR) is 124 cm³/mol. The lowest BCUT2D eigenvalue weighted by molar-refractivity contribution is -0.134. The van der Waals surface area contributed by atoms with Gasteiger partial charge in [-0.25, -0.2) is 0 Å². The van der Waals surface area contributed by atoms with Gasteiger partial charge < -0.3 is 19.0 Å². The number of carbonyl (C=O) groups excluding carboxylic acids is 2. The Labute approximate surface area is 190 Å². The molecule has 0 N–H and O–H groups in total. The molecule has 1 aliphatic heterocycles. The van der Waals surface area contributed by atoms with Crippen LogP contribution in [0.3, 0.4) is 0 Å². The molecule has 7 heteroatoms. The third-order valence-electron chi connectivity index (χ3n) is 5.65. The van der Waals surface area contributed by atoms with E-state index in [2.05, 4.69) is 4.90 Å². The lowest BCUT2D eigenvalue weighted by Crippen LogP contribution is -2.50. The van der Waals surface area contributed by atoms with E-state index in [9.17, 15) is 9.59 Å². The van der Waals surface area contributed by atoms with Crippen LogP contribution in [0.5, 0.6) is 5.75 Å². The maximum Gasteiger partial charge on any atom is 0.289 e. The maximum absolute atomic E-state index is 12.7. The monoisotopic (exact) mass is 439 g/mol. The van der Waals surface area contributed by atoms with Gasteiger partial charge in [0.15, 0.2) is 5.76 Å². The SMILES string of the molecule is COc1ccccc1/C=C/CN(CCN1CCN(C(=O)c2ccco2)CC1)C(=O)C(C)C. The third-order valence-corrected chi connectivity index (χ3v) is 5.65. The Morgan fingerprint density at radius 2 is 1.88 bits per heavy atom. The largest absolute Gasteiger partial charge is 0.496 e. The number of benzene rings is 1. The van der Waals surface area contributed by atoms with Crippen molar-refractivity contribution in [3.63, 3.8) is 0 Å². The second-order valence-corrected chi connectivity index (χ2v) is 8.19. The lowest BCUT2D eigenvalue weighted by atomic mass is 10.1. The van der Waals surface area contributed by atoms with Crippen molar-refractivity contribution in [1.82, 2.24) is 14.7 Å². The quantitative estimate of drug-likeness (QED) is 0.600. The molecule has 0 saturated carbocycles. The van der Waals surface area contributed by atoms with E-state index in [0.29, 0.717) is 31.9 Å². The van der Waals surface area contributed by atoms with E-state index in [1.54, 1.807) is 19.2 Å². The Kier molecular flexibility index (Phi) is 8.50. The normalized spacial score (nSPS) is 14.8. The summed E-state index contributed by atoms with van der Waals surface area (Å²) in [5, 5.41) is 0. The molecule has 3 rings (SSSR count). The summed E-state index contributed by atoms with van der Waals surface area (Å²) in [6, 6.07) is 11.2. The zero-order chi connectivity index (χ0) is 22.9. The number of carbonyl (C=O) groups is 2. The van der Waals surface area contributed by atoms with E-state index in [-0.39, 0.29) is 17.7 Å². The lowest BCUT2D eigenvalue weighted by Gasteiger charge is -2.35. The van der Waals surface area contributed by atoms with E-state index in [1.165, 1.54) is 6.26 Å². The molecule has 1 fully saturated rings. The number of hydrogen-bond acceptors (Lipinski definition) is 5. The Morgan fingerprint density at radius 3 is 2.53 bits per heavy atom. The van der Waals surface area contributed by atoms with Crippen molar-refractivity contribution in [2.75, 3.05) is 52.9 Å². The highest BCUT2D eigenvalue weighted by molar-refractivity contribution is 5.91. The van der Waals surface area contributed by atoms with Gasteiger partial charge in [0.1, 0.15) is 5.75 Å². The number of nitrogens with zero attached hydrogens (tertiary/aromatic N) is 3. The van der Waals surface area contributed by atoms with Gasteiger partial charge in [-0.2, -0.15) is 0 Å². The average molecular weight is 440 g/mol. The Balaban J connectivity index is 1.52. The number of hydrogen-bond donors (Lipinski definition) is 0. The summed E-state index contributed by atoms with van der Waals surface area (Å²) >= 11 is 0. The zero-order valence-electron chi connectivity index (χ0n) is 19.2. The highest BCUT2D eigenvalue weighted by atomic mass is 16.5. The minimum atomic E-state index is -0.0623. The molecule has 2 heterocycles. The second-order valence-electron chi connectivity index (χ2n) is 8.19. The van der Waals surface area contributed by atoms with E-state index in [4.69, 9.17) is 9.15 Å². The van der Waals surface area contributed by atoms with Gasteiger partial charge >= 0.3 is 0 Å². The smallest absolute Gasteiger partial charge is 0.289 e. The van der Waals surface area contributed by atoms with Crippen LogP contribution in [0.15, 0.2) is 53.2 Å². The number of para-hydroxylation sites is 1. The molecule has 7 nitrogen and oxygen atoms in total. The first-order valence-corrected chi connectivity index (χ1v) is 11.1. The molecule has 0 spiro atoms. The van der Waals surface area contributed by atoms with E-state index in [1.807, 2.05) is 60.1 Å². The molecule has 0 bridgehead atoms. The minimum absolute atomic E-state index is 0.0579. The fraction of sp³-hybridized carbons (Fsp3) is 0.440. The van der Waals surface area contributed by atoms with Gasteiger partial charge in [-0.3, -0.25) is 14.5 Å². The van der Waals surface area contributed by atoms with Crippen LogP contribution < -0.4 is 4.74 Å². The molecule has 1 aromatic carbocycles. The van der Waals surface area contributed by atoms with Crippen molar-refractivity contribution in [2.45, 2.75) is 13.8 Å². The number of rotatable bonds is 9. The fourth-order valence-electron chi connectivity index (χ4n) is 3.76. The van der Waals surface area contributed by atoms with Gasteiger partial charge in [0.05, 0.1) is 13.4 Å². The van der Waals surface area contributed by atoms with Gasteiger partial charge in [0, 0.05) is 57.3 Å². The molecular weight excluding hydrogens is 406 g/mol. The van der Waals surface area contributed by atoms with Crippen LogP contribution in [0.4, 0.5) is 0 Å². The number of piperazine rings is 1. The van der Waals surface area contributed by atoms with Gasteiger partial charge in [-0.1, -0.05) is 44.2 Å². The summed E-state index contributed by atoms with van der Waals surface area (Å²) in [6.07, 6.45) is 5.53. The van der Waals surface area contributed by atoms with E-state index < -0.39 is 0 Å². The number of amides is 2. The molecule has 172 valence electrons. The van der Waals surface area contributed by atoms with E-state index in [0.717, 1.165) is 30.9 Å². The Bertz CT molecular complexity index is 900. The van der Waals surface area contributed by atoms with Crippen LogP contribution in [-0.4, -0.2) is 79.4 Å². The molecule has 0 unspecified atom stereocenters. The highest BCUT2D eigenvalue weighted by Gasteiger charge is 2.24. The van der Waals surface area contributed by atoms with Crippen LogP contribution in [0, 0.1) is 5.92 Å².